The van der Waals surface area contributed by atoms with Crippen molar-refractivity contribution in [2.45, 2.75) is 26.7 Å². The van der Waals surface area contributed by atoms with Crippen molar-refractivity contribution < 1.29 is 50.4 Å². The van der Waals surface area contributed by atoms with Crippen LogP contribution in [0.3, 0.4) is 0 Å². The second kappa shape index (κ2) is 13.7. The summed E-state index contributed by atoms with van der Waals surface area (Å²) in [6.07, 6.45) is -0.944. The SMILES string of the molecule is CC(=O)CC(=O)[O-].CC(=O)CC(=O)[O-].[O]=[V+2]. The maximum atomic E-state index is 9.83. The van der Waals surface area contributed by atoms with Gasteiger partial charge in [-0.1, -0.05) is 0 Å². The molecule has 0 heterocycles. The number of carboxylic acids is 2. The molecule has 0 aromatic carbocycles. The topological polar surface area (TPSA) is 131 Å². The predicted octanol–water partition coefficient (Wildman–Crippen LogP) is -2.69. The molecule has 0 saturated carbocycles. The number of carboxylic acid groups (broad SMARTS) is 2. The Morgan fingerprint density at radius 2 is 1.00 bits per heavy atom. The molecule has 0 saturated heterocycles. The molecule has 0 aromatic rings. The van der Waals surface area contributed by atoms with Gasteiger partial charge in [0.15, 0.2) is 0 Å². The number of carbonyl (C=O) groups excluding carboxylic acids is 4. The van der Waals surface area contributed by atoms with Crippen molar-refractivity contribution in [3.63, 3.8) is 0 Å². The van der Waals surface area contributed by atoms with E-state index in [-0.39, 0.29) is 11.6 Å². The first-order chi connectivity index (χ1) is 7.25. The van der Waals surface area contributed by atoms with E-state index in [9.17, 15) is 29.4 Å². The first kappa shape index (κ1) is 20.1. The summed E-state index contributed by atoms with van der Waals surface area (Å²) in [5.41, 5.74) is 0. The van der Waals surface area contributed by atoms with Crippen LogP contribution in [0.1, 0.15) is 26.7 Å². The number of Topliss-reactive ketones (excluding diaryl/α,β-unsaturated/α-hetero) is 2. The summed E-state index contributed by atoms with van der Waals surface area (Å²) >= 11 is 1.06. The molecule has 0 radical (unpaired) electrons. The third kappa shape index (κ3) is 38.8. The number of ketones is 2. The van der Waals surface area contributed by atoms with E-state index in [2.05, 4.69) is 0 Å². The van der Waals surface area contributed by atoms with E-state index < -0.39 is 24.8 Å². The molecular weight excluding hydrogens is 259 g/mol. The monoisotopic (exact) mass is 269 g/mol. The zero-order chi connectivity index (χ0) is 13.7. The van der Waals surface area contributed by atoms with Crippen LogP contribution in [-0.2, 0) is 40.2 Å². The Hall–Kier alpha value is -1.34. The van der Waals surface area contributed by atoms with Crippen molar-refractivity contribution in [1.82, 2.24) is 0 Å². The van der Waals surface area contributed by atoms with E-state index >= 15 is 0 Å². The van der Waals surface area contributed by atoms with Crippen LogP contribution < -0.4 is 10.2 Å². The van der Waals surface area contributed by atoms with Crippen molar-refractivity contribution >= 4 is 23.5 Å². The number of aliphatic carboxylic acids is 2. The minimum absolute atomic E-state index is 0.375. The molecule has 0 aliphatic rings. The Bertz CT molecular complexity index is 211. The fraction of sp³-hybridized carbons (Fsp3) is 0.500. The van der Waals surface area contributed by atoms with Gasteiger partial charge in [0.2, 0.25) is 0 Å². The average Bonchev–Trinajstić information content (AvgIpc) is 2.03. The van der Waals surface area contributed by atoms with Crippen molar-refractivity contribution in [3.05, 3.63) is 0 Å². The Labute approximate surface area is 101 Å². The molecule has 89 valence electrons. The Morgan fingerprint density at radius 3 is 1.00 bits per heavy atom. The van der Waals surface area contributed by atoms with Crippen LogP contribution in [0.25, 0.3) is 0 Å². The first-order valence-electron chi connectivity index (χ1n) is 3.82. The van der Waals surface area contributed by atoms with Crippen LogP contribution in [0.15, 0.2) is 0 Å². The zero-order valence-electron chi connectivity index (χ0n) is 8.72. The molecule has 16 heavy (non-hydrogen) atoms. The average molecular weight is 269 g/mol. The normalized spacial score (nSPS) is 7.50. The van der Waals surface area contributed by atoms with Crippen molar-refractivity contribution in [2.24, 2.45) is 0 Å². The van der Waals surface area contributed by atoms with Gasteiger partial charge in [-0.3, -0.25) is 9.59 Å². The van der Waals surface area contributed by atoms with Gasteiger partial charge in [-0.05, 0) is 13.8 Å². The summed E-state index contributed by atoms with van der Waals surface area (Å²) in [6, 6.07) is 0. The van der Waals surface area contributed by atoms with E-state index in [4.69, 9.17) is 3.67 Å². The molecule has 0 spiro atoms. The van der Waals surface area contributed by atoms with Crippen molar-refractivity contribution in [2.75, 3.05) is 0 Å². The summed E-state index contributed by atoms with van der Waals surface area (Å²) in [6.45, 7) is 2.41. The van der Waals surface area contributed by atoms with Crippen LogP contribution in [0.4, 0.5) is 0 Å². The molecule has 0 aliphatic carbocycles. The first-order valence-corrected chi connectivity index (χ1v) is 4.39. The third-order valence-electron chi connectivity index (χ3n) is 0.787. The van der Waals surface area contributed by atoms with Crippen LogP contribution in [0, 0.1) is 0 Å². The Kier molecular flexibility index (Phi) is 17.2. The van der Waals surface area contributed by atoms with Crippen LogP contribution in [-0.4, -0.2) is 23.5 Å². The summed E-state index contributed by atoms with van der Waals surface area (Å²) in [5.74, 6) is -3.37. The van der Waals surface area contributed by atoms with Gasteiger partial charge in [0.1, 0.15) is 11.6 Å². The van der Waals surface area contributed by atoms with Crippen LogP contribution in [0.5, 0.6) is 0 Å². The fourth-order valence-corrected chi connectivity index (χ4v) is 0.407. The summed E-state index contributed by atoms with van der Waals surface area (Å²) in [5, 5.41) is 19.0. The van der Waals surface area contributed by atoms with E-state index in [0.717, 1.165) is 17.4 Å². The van der Waals surface area contributed by atoms with Gasteiger partial charge in [0.05, 0.1) is 0 Å². The van der Waals surface area contributed by atoms with Gasteiger partial charge in [-0.25, -0.2) is 0 Å². The van der Waals surface area contributed by atoms with Crippen molar-refractivity contribution in [1.29, 1.82) is 0 Å². The number of hydrogen-bond acceptors (Lipinski definition) is 7. The quantitative estimate of drug-likeness (QED) is 0.507. The molecule has 0 aromatic heterocycles. The van der Waals surface area contributed by atoms with Crippen LogP contribution in [0.2, 0.25) is 0 Å². The molecule has 7 nitrogen and oxygen atoms in total. The standard InChI is InChI=1S/2C4H6O3.O.V/c2*1-3(5)2-4(6)7;;/h2*2H2,1H3,(H,6,7);;/q;;;+2/p-2. The number of hydrogen-bond donors (Lipinski definition) is 0. The molecular formula is C8H10O7V. The van der Waals surface area contributed by atoms with E-state index in [1.54, 1.807) is 0 Å². The molecule has 0 atom stereocenters. The van der Waals surface area contributed by atoms with E-state index in [1.807, 2.05) is 0 Å². The second-order valence-electron chi connectivity index (χ2n) is 2.50. The summed E-state index contributed by atoms with van der Waals surface area (Å²) < 4.78 is 8.19. The predicted molar refractivity (Wildman–Crippen MR) is 41.3 cm³/mol. The van der Waals surface area contributed by atoms with Crippen molar-refractivity contribution in [3.8, 4) is 0 Å². The van der Waals surface area contributed by atoms with E-state index in [0.29, 0.717) is 0 Å². The fourth-order valence-electron chi connectivity index (χ4n) is 0.407. The van der Waals surface area contributed by atoms with Crippen LogP contribution >= 0.6 is 0 Å². The molecule has 0 fully saturated rings. The van der Waals surface area contributed by atoms with Gasteiger partial charge >= 0.3 is 21.0 Å². The molecule has 0 aliphatic heterocycles. The summed E-state index contributed by atoms with van der Waals surface area (Å²) in [4.78, 5) is 38.6. The zero-order valence-corrected chi connectivity index (χ0v) is 10.1. The van der Waals surface area contributed by atoms with E-state index in [1.165, 1.54) is 13.8 Å². The molecule has 0 unspecified atom stereocenters. The van der Waals surface area contributed by atoms with Gasteiger partial charge in [0, 0.05) is 24.8 Å². The summed E-state index contributed by atoms with van der Waals surface area (Å²) in [7, 11) is 0. The molecule has 0 N–H and O–H groups in total. The van der Waals surface area contributed by atoms with Gasteiger partial charge in [-0.15, -0.1) is 0 Å². The molecule has 8 heteroatoms. The van der Waals surface area contributed by atoms with Gasteiger partial charge < -0.3 is 19.8 Å². The number of carbonyl (C=O) groups is 4. The molecule has 0 rings (SSSR count). The molecule has 0 bridgehead atoms. The van der Waals surface area contributed by atoms with Gasteiger partial charge in [0.25, 0.3) is 0 Å². The van der Waals surface area contributed by atoms with Gasteiger partial charge in [-0.2, -0.15) is 0 Å². The Morgan fingerprint density at radius 1 is 0.812 bits per heavy atom. The maximum absolute atomic E-state index is 9.83. The Balaban J connectivity index is -0.000000183. The number of rotatable bonds is 4. The second-order valence-corrected chi connectivity index (χ2v) is 2.50. The minimum atomic E-state index is -1.31. The third-order valence-corrected chi connectivity index (χ3v) is 0.787. The molecule has 0 amide bonds.